The van der Waals surface area contributed by atoms with E-state index in [0.29, 0.717) is 12.0 Å². The lowest BCUT2D eigenvalue weighted by Crippen LogP contribution is -2.59. The van der Waals surface area contributed by atoms with Crippen molar-refractivity contribution in [1.29, 1.82) is 0 Å². The van der Waals surface area contributed by atoms with Crippen molar-refractivity contribution in [2.45, 2.75) is 162 Å². The van der Waals surface area contributed by atoms with Crippen LogP contribution < -0.4 is 5.73 Å². The number of hydrogen-bond donors (Lipinski definition) is 6. The van der Waals surface area contributed by atoms with Crippen molar-refractivity contribution < 1.29 is 68.3 Å². The Hall–Kier alpha value is -3.12. The van der Waals surface area contributed by atoms with Crippen LogP contribution in [0.4, 0.5) is 4.79 Å². The van der Waals surface area contributed by atoms with E-state index >= 15 is 0 Å². The second-order valence-corrected chi connectivity index (χ2v) is 17.3. The number of nitrogens with two attached hydrogens (primary N) is 1. The lowest BCUT2D eigenvalue weighted by Gasteiger charge is -2.49. The molecule has 2 fully saturated rings. The first-order valence-electron chi connectivity index (χ1n) is 21.1. The number of aliphatic hydroxyl groups is 5. The van der Waals surface area contributed by atoms with Gasteiger partial charge in [-0.2, -0.15) is 0 Å². The molecule has 342 valence electrons. The van der Waals surface area contributed by atoms with Crippen molar-refractivity contribution in [3.05, 3.63) is 59.4 Å². The van der Waals surface area contributed by atoms with Gasteiger partial charge >= 0.3 is 12.1 Å². The largest absolute Gasteiger partial charge is 0.490 e. The summed E-state index contributed by atoms with van der Waals surface area (Å²) in [5, 5.41) is 57.6. The minimum Gasteiger partial charge on any atom is -0.490 e. The first-order chi connectivity index (χ1) is 28.1. The number of ether oxygens (including phenoxy) is 7. The Bertz CT molecular complexity index is 1550. The fourth-order valence-corrected chi connectivity index (χ4v) is 8.64. The summed E-state index contributed by atoms with van der Waals surface area (Å²) in [7, 11) is 2.80. The molecule has 3 aliphatic heterocycles. The summed E-state index contributed by atoms with van der Waals surface area (Å²) in [6, 6.07) is 0. The molecular weight excluding hydrogens is 778 g/mol. The van der Waals surface area contributed by atoms with Crippen LogP contribution in [0, 0.1) is 35.5 Å². The summed E-state index contributed by atoms with van der Waals surface area (Å²) in [6.45, 7) is 18.0. The maximum absolute atomic E-state index is 13.9. The zero-order valence-corrected chi connectivity index (χ0v) is 37.5. The van der Waals surface area contributed by atoms with E-state index in [2.05, 4.69) is 0 Å². The topological polar surface area (TPSA) is 226 Å². The van der Waals surface area contributed by atoms with Crippen LogP contribution in [0.5, 0.6) is 0 Å². The van der Waals surface area contributed by atoms with Gasteiger partial charge in [-0.25, -0.2) is 9.59 Å². The first kappa shape index (κ1) is 51.2. The van der Waals surface area contributed by atoms with Gasteiger partial charge in [0.25, 0.3) is 0 Å². The van der Waals surface area contributed by atoms with Crippen LogP contribution in [-0.2, 0) is 38.0 Å². The zero-order valence-electron chi connectivity index (χ0n) is 37.5. The Morgan fingerprint density at radius 1 is 1.05 bits per heavy atom. The maximum Gasteiger partial charge on any atom is 0.404 e. The van der Waals surface area contributed by atoms with Crippen LogP contribution in [0.1, 0.15) is 88.5 Å². The molecule has 0 spiro atoms. The van der Waals surface area contributed by atoms with Gasteiger partial charge < -0.3 is 64.4 Å². The van der Waals surface area contributed by atoms with Crippen molar-refractivity contribution in [3.8, 4) is 0 Å². The predicted molar refractivity (Wildman–Crippen MR) is 224 cm³/mol. The van der Waals surface area contributed by atoms with Gasteiger partial charge in [-0.1, -0.05) is 89.1 Å². The Morgan fingerprint density at radius 3 is 2.30 bits per heavy atom. The van der Waals surface area contributed by atoms with Gasteiger partial charge in [0.15, 0.2) is 18.2 Å². The van der Waals surface area contributed by atoms with Crippen LogP contribution in [-0.4, -0.2) is 125 Å². The van der Waals surface area contributed by atoms with Gasteiger partial charge in [0.1, 0.15) is 12.2 Å². The molecule has 3 rings (SSSR count). The number of allylic oxidation sites excluding steroid dienone is 6. The van der Waals surface area contributed by atoms with E-state index in [0.717, 1.165) is 5.57 Å². The monoisotopic (exact) mass is 852 g/mol. The smallest absolute Gasteiger partial charge is 0.404 e. The molecule has 60 heavy (non-hydrogen) atoms. The maximum atomic E-state index is 13.9. The lowest BCUT2D eigenvalue weighted by molar-refractivity contribution is -0.338. The van der Waals surface area contributed by atoms with Gasteiger partial charge in [-0.15, -0.1) is 0 Å². The molecule has 15 nitrogen and oxygen atoms in total. The molecule has 0 unspecified atom stereocenters. The molecule has 15 heteroatoms. The molecule has 0 radical (unpaired) electrons. The number of aliphatic hydroxyl groups excluding tert-OH is 4. The lowest BCUT2D eigenvalue weighted by atomic mass is 9.77. The van der Waals surface area contributed by atoms with Crippen molar-refractivity contribution in [1.82, 2.24) is 0 Å². The zero-order chi connectivity index (χ0) is 45.2. The SMILES string of the molecule is C/C=C/[C@H]1O[C@@](O)([C@@H](C)[C@H](O)[C@H](C)[C@H]2OC(=O)/C(OC)=C/C(C)=C/[C@@H](C)[C@@H](O)[C@@H](C)[C@@H](O)[C@H](C)C/C(C)=C/C=C/[C@@H]2OC)C[C@@H](O[C@@H]2C[C@@H](O)[C@@H](OC(N)=O)[C@@H](C)O2)[C@@H]1C. The number of esters is 1. The summed E-state index contributed by atoms with van der Waals surface area (Å²) >= 11 is 0. The van der Waals surface area contributed by atoms with Crippen molar-refractivity contribution in [3.63, 3.8) is 0 Å². The number of carbonyl (C=O) groups excluding carboxylic acids is 2. The van der Waals surface area contributed by atoms with E-state index in [1.165, 1.54) is 20.3 Å². The van der Waals surface area contributed by atoms with Crippen LogP contribution in [0.3, 0.4) is 0 Å². The summed E-state index contributed by atoms with van der Waals surface area (Å²) < 4.78 is 41.3. The van der Waals surface area contributed by atoms with Gasteiger partial charge in [0.05, 0.1) is 49.8 Å². The molecule has 18 atom stereocenters. The Labute approximate surface area is 356 Å². The minimum absolute atomic E-state index is 0.0314. The molecule has 0 saturated carbocycles. The highest BCUT2D eigenvalue weighted by molar-refractivity contribution is 5.87. The highest BCUT2D eigenvalue weighted by atomic mass is 16.7. The quantitative estimate of drug-likeness (QED) is 0.131. The third-order valence-corrected chi connectivity index (χ3v) is 12.5. The second kappa shape index (κ2) is 22.8. The number of carbonyl (C=O) groups is 2. The summed E-state index contributed by atoms with van der Waals surface area (Å²) in [5.41, 5.74) is 6.76. The molecular formula is C45H73NO14. The average molecular weight is 852 g/mol. The van der Waals surface area contributed by atoms with Crippen LogP contribution in [0.25, 0.3) is 0 Å². The molecule has 1 amide bonds. The van der Waals surface area contributed by atoms with Gasteiger partial charge in [-0.3, -0.25) is 0 Å². The van der Waals surface area contributed by atoms with Crippen LogP contribution >= 0.6 is 0 Å². The number of hydrogen-bond acceptors (Lipinski definition) is 14. The Kier molecular flexibility index (Phi) is 19.5. The van der Waals surface area contributed by atoms with E-state index in [4.69, 9.17) is 38.9 Å². The highest BCUT2D eigenvalue weighted by Crippen LogP contribution is 2.42. The highest BCUT2D eigenvalue weighted by Gasteiger charge is 2.52. The number of primary amides is 1. The molecule has 0 bridgehead atoms. The second-order valence-electron chi connectivity index (χ2n) is 17.3. The molecule has 7 N–H and O–H groups in total. The van der Waals surface area contributed by atoms with Crippen LogP contribution in [0.15, 0.2) is 59.4 Å². The van der Waals surface area contributed by atoms with E-state index in [9.17, 15) is 35.1 Å². The summed E-state index contributed by atoms with van der Waals surface area (Å²) in [6.07, 6.45) is 1.54. The van der Waals surface area contributed by atoms with E-state index in [-0.39, 0.29) is 36.4 Å². The fraction of sp³-hybridized carbons (Fsp3) is 0.733. The molecule has 3 heterocycles. The van der Waals surface area contributed by atoms with Crippen LogP contribution in [0.2, 0.25) is 0 Å². The molecule has 0 aromatic heterocycles. The third kappa shape index (κ3) is 13.2. The molecule has 0 aliphatic carbocycles. The molecule has 2 saturated heterocycles. The Morgan fingerprint density at radius 2 is 1.72 bits per heavy atom. The fourth-order valence-electron chi connectivity index (χ4n) is 8.64. The molecule has 3 aliphatic rings. The molecule has 0 aromatic rings. The van der Waals surface area contributed by atoms with Crippen molar-refractivity contribution >= 4 is 12.1 Å². The Balaban J connectivity index is 1.99. The predicted octanol–water partition coefficient (Wildman–Crippen LogP) is 4.59. The minimum atomic E-state index is -1.97. The number of amides is 1. The summed E-state index contributed by atoms with van der Waals surface area (Å²) in [4.78, 5) is 25.3. The van der Waals surface area contributed by atoms with Crippen molar-refractivity contribution in [2.75, 3.05) is 14.2 Å². The van der Waals surface area contributed by atoms with E-state index in [1.54, 1.807) is 58.1 Å². The van der Waals surface area contributed by atoms with Crippen molar-refractivity contribution in [2.24, 2.45) is 41.2 Å². The number of cyclic esters (lactones) is 1. The van der Waals surface area contributed by atoms with Gasteiger partial charge in [-0.05, 0) is 46.1 Å². The van der Waals surface area contributed by atoms with E-state index < -0.39 is 103 Å². The van der Waals surface area contributed by atoms with E-state index in [1.807, 2.05) is 47.6 Å². The average Bonchev–Trinajstić information content (AvgIpc) is 3.18. The number of rotatable bonds is 10. The summed E-state index contributed by atoms with van der Waals surface area (Å²) in [5.74, 6) is -6.06. The van der Waals surface area contributed by atoms with Gasteiger partial charge in [0, 0.05) is 49.5 Å². The normalized spacial score (nSPS) is 42.7. The van der Waals surface area contributed by atoms with Gasteiger partial charge in [0.2, 0.25) is 5.76 Å². The third-order valence-electron chi connectivity index (χ3n) is 12.5. The standard InChI is InChI=1S/C45H73NO14/c1-13-15-33-27(6)36(57-37-21-32(47)42(31(10)56-37)59-44(46)52)22-45(53,60-33)30(9)40(50)29(8)41-34(54-11)17-14-16-23(2)18-25(4)38(48)28(7)39(49)26(5)19-24(3)20-35(55-12)43(51)58-41/h13-17,19-20,25-34,36-42,47-50,53H,18,21-22H2,1-12H3,(H2,46,52)/b15-13+,17-14+,23-16+,24-19+,35-20-/t25-,26-,27-,28+,29+,30+,31-,32-,33-,34+,36-,37-,38+,39-,40-,41-,42+,45-/m1/s1. The first-order valence-corrected chi connectivity index (χ1v) is 21.1. The number of methoxy groups -OCH3 is 2. The molecule has 0 aromatic carbocycles.